The molecule has 0 heterocycles. The number of nitrogens with one attached hydrogen (secondary N) is 2. The molecule has 0 radical (unpaired) electrons. The Morgan fingerprint density at radius 2 is 1.68 bits per heavy atom. The first kappa shape index (κ1) is 23.7. The Bertz CT molecular complexity index is 1090. The molecule has 168 valence electrons. The first-order valence-corrected chi connectivity index (χ1v) is 10.4. The average molecular weight is 453 g/mol. The molecule has 2 aromatic rings. The van der Waals surface area contributed by atoms with Gasteiger partial charge in [0.15, 0.2) is 0 Å². The minimum Gasteiger partial charge on any atom is -0.495 e. The van der Waals surface area contributed by atoms with Crippen LogP contribution in [0, 0.1) is 10.1 Å². The SMILES string of the molecule is COc1cc(NS(=O)(=O)c2cc([N+](=O)[O-])ccc2OC)ccc1NC(=O)OC(C)(C)C. The van der Waals surface area contributed by atoms with E-state index in [1.807, 2.05) is 0 Å². The molecule has 0 fully saturated rings. The van der Waals surface area contributed by atoms with Gasteiger partial charge < -0.3 is 14.2 Å². The van der Waals surface area contributed by atoms with Crippen molar-refractivity contribution in [3.63, 3.8) is 0 Å². The normalized spacial score (nSPS) is 11.4. The number of methoxy groups -OCH3 is 2. The van der Waals surface area contributed by atoms with Gasteiger partial charge in [0.1, 0.15) is 22.0 Å². The van der Waals surface area contributed by atoms with Gasteiger partial charge in [0, 0.05) is 18.2 Å². The molecule has 0 aliphatic carbocycles. The third-order valence-electron chi connectivity index (χ3n) is 3.74. The maximum atomic E-state index is 12.8. The quantitative estimate of drug-likeness (QED) is 0.476. The van der Waals surface area contributed by atoms with Gasteiger partial charge in [-0.2, -0.15) is 0 Å². The number of benzene rings is 2. The summed E-state index contributed by atoms with van der Waals surface area (Å²) in [6.07, 6.45) is -0.708. The van der Waals surface area contributed by atoms with Crippen molar-refractivity contribution in [3.8, 4) is 11.5 Å². The molecule has 1 amide bonds. The highest BCUT2D eigenvalue weighted by Crippen LogP contribution is 2.32. The Labute approximate surface area is 179 Å². The van der Waals surface area contributed by atoms with Crippen LogP contribution in [0.1, 0.15) is 20.8 Å². The predicted molar refractivity (Wildman–Crippen MR) is 113 cm³/mol. The molecule has 2 rings (SSSR count). The smallest absolute Gasteiger partial charge is 0.412 e. The Kier molecular flexibility index (Phi) is 6.95. The fraction of sp³-hybridized carbons (Fsp3) is 0.316. The van der Waals surface area contributed by atoms with Crippen molar-refractivity contribution in [2.75, 3.05) is 24.3 Å². The zero-order chi connectivity index (χ0) is 23.4. The summed E-state index contributed by atoms with van der Waals surface area (Å²) in [5.74, 6) is 0.102. The van der Waals surface area contributed by atoms with E-state index in [0.29, 0.717) is 0 Å². The number of nitro groups is 1. The molecule has 11 nitrogen and oxygen atoms in total. The highest BCUT2D eigenvalue weighted by atomic mass is 32.2. The Morgan fingerprint density at radius 1 is 1.03 bits per heavy atom. The Balaban J connectivity index is 2.33. The van der Waals surface area contributed by atoms with Crippen LogP contribution in [-0.2, 0) is 14.8 Å². The lowest BCUT2D eigenvalue weighted by Gasteiger charge is -2.20. The van der Waals surface area contributed by atoms with Crippen molar-refractivity contribution in [3.05, 3.63) is 46.5 Å². The molecule has 12 heteroatoms. The molecule has 0 atom stereocenters. The van der Waals surface area contributed by atoms with Gasteiger partial charge in [-0.1, -0.05) is 0 Å². The van der Waals surface area contributed by atoms with Gasteiger partial charge in [0.2, 0.25) is 0 Å². The van der Waals surface area contributed by atoms with E-state index in [0.717, 1.165) is 12.1 Å². The van der Waals surface area contributed by atoms with E-state index in [4.69, 9.17) is 14.2 Å². The summed E-state index contributed by atoms with van der Waals surface area (Å²) in [4.78, 5) is 21.9. The number of nitrogens with zero attached hydrogens (tertiary/aromatic N) is 1. The van der Waals surface area contributed by atoms with Crippen molar-refractivity contribution in [2.45, 2.75) is 31.3 Å². The van der Waals surface area contributed by atoms with Crippen LogP contribution in [0.4, 0.5) is 21.9 Å². The number of non-ortho nitro benzene ring substituents is 1. The number of anilines is 2. The van der Waals surface area contributed by atoms with E-state index in [9.17, 15) is 23.3 Å². The molecule has 0 aliphatic rings. The van der Waals surface area contributed by atoms with E-state index in [1.54, 1.807) is 20.8 Å². The third kappa shape index (κ3) is 6.22. The second-order valence-electron chi connectivity index (χ2n) is 7.24. The minimum absolute atomic E-state index is 0.0618. The van der Waals surface area contributed by atoms with E-state index in [-0.39, 0.29) is 22.9 Å². The van der Waals surface area contributed by atoms with Crippen LogP contribution >= 0.6 is 0 Å². The first-order chi connectivity index (χ1) is 14.4. The molecular weight excluding hydrogens is 430 g/mol. The maximum Gasteiger partial charge on any atom is 0.412 e. The summed E-state index contributed by atoms with van der Waals surface area (Å²) >= 11 is 0. The van der Waals surface area contributed by atoms with Crippen LogP contribution in [0.25, 0.3) is 0 Å². The number of carbonyl (C=O) groups excluding carboxylic acids is 1. The molecule has 2 aromatic carbocycles. The number of ether oxygens (including phenoxy) is 3. The van der Waals surface area contributed by atoms with Gasteiger partial charge in [-0.25, -0.2) is 13.2 Å². The zero-order valence-electron chi connectivity index (χ0n) is 17.6. The average Bonchev–Trinajstić information content (AvgIpc) is 2.66. The van der Waals surface area contributed by atoms with Gasteiger partial charge in [-0.15, -0.1) is 0 Å². The lowest BCUT2D eigenvalue weighted by Crippen LogP contribution is -2.27. The number of hydrogen-bond acceptors (Lipinski definition) is 8. The van der Waals surface area contributed by atoms with E-state index >= 15 is 0 Å². The number of carbonyl (C=O) groups is 1. The van der Waals surface area contributed by atoms with Gasteiger partial charge >= 0.3 is 6.09 Å². The molecule has 0 aromatic heterocycles. The molecular formula is C19H23N3O8S. The Morgan fingerprint density at radius 3 is 2.23 bits per heavy atom. The molecule has 0 bridgehead atoms. The molecule has 0 saturated heterocycles. The predicted octanol–water partition coefficient (Wildman–Crippen LogP) is 3.76. The van der Waals surface area contributed by atoms with E-state index in [2.05, 4.69) is 10.0 Å². The second-order valence-corrected chi connectivity index (χ2v) is 8.89. The van der Waals surface area contributed by atoms with Gasteiger partial charge in [0.05, 0.1) is 30.5 Å². The largest absolute Gasteiger partial charge is 0.495 e. The van der Waals surface area contributed by atoms with Crippen molar-refractivity contribution in [1.82, 2.24) is 0 Å². The monoisotopic (exact) mass is 453 g/mol. The van der Waals surface area contributed by atoms with Crippen molar-refractivity contribution < 1.29 is 32.3 Å². The van der Waals surface area contributed by atoms with Crippen LogP contribution in [0.5, 0.6) is 11.5 Å². The van der Waals surface area contributed by atoms with Gasteiger partial charge in [-0.05, 0) is 39.0 Å². The van der Waals surface area contributed by atoms with Crippen molar-refractivity contribution in [2.24, 2.45) is 0 Å². The fourth-order valence-corrected chi connectivity index (χ4v) is 3.71. The summed E-state index contributed by atoms with van der Waals surface area (Å²) in [7, 11) is -1.65. The summed E-state index contributed by atoms with van der Waals surface area (Å²) in [6, 6.07) is 7.38. The summed E-state index contributed by atoms with van der Waals surface area (Å²) < 4.78 is 43.4. The van der Waals surface area contributed by atoms with Crippen LogP contribution in [-0.4, -0.2) is 39.3 Å². The Hall–Kier alpha value is -3.54. The lowest BCUT2D eigenvalue weighted by molar-refractivity contribution is -0.385. The summed E-state index contributed by atoms with van der Waals surface area (Å²) in [5, 5.41) is 13.5. The molecule has 0 spiro atoms. The highest BCUT2D eigenvalue weighted by Gasteiger charge is 2.24. The van der Waals surface area contributed by atoms with E-state index in [1.165, 1.54) is 38.5 Å². The van der Waals surface area contributed by atoms with Crippen LogP contribution in [0.2, 0.25) is 0 Å². The molecule has 0 unspecified atom stereocenters. The van der Waals surface area contributed by atoms with Crippen LogP contribution in [0.3, 0.4) is 0 Å². The number of rotatable bonds is 7. The van der Waals surface area contributed by atoms with Crippen LogP contribution in [0.15, 0.2) is 41.3 Å². The number of hydrogen-bond donors (Lipinski definition) is 2. The topological polar surface area (TPSA) is 146 Å². The lowest BCUT2D eigenvalue weighted by atomic mass is 10.2. The number of nitro benzene ring substituents is 1. The first-order valence-electron chi connectivity index (χ1n) is 8.89. The molecule has 2 N–H and O–H groups in total. The van der Waals surface area contributed by atoms with E-state index < -0.39 is 37.2 Å². The van der Waals surface area contributed by atoms with Crippen molar-refractivity contribution >= 4 is 33.2 Å². The second kappa shape index (κ2) is 9.08. The standard InChI is InChI=1S/C19H23N3O8S/c1-19(2,3)30-18(23)20-14-8-6-12(10-16(14)29-5)21-31(26,27)17-11-13(22(24)25)7-9-15(17)28-4/h6-11,21H,1-5H3,(H,20,23). The number of amides is 1. The highest BCUT2D eigenvalue weighted by molar-refractivity contribution is 7.92. The summed E-state index contributed by atoms with van der Waals surface area (Å²) in [6.45, 7) is 5.14. The fourth-order valence-electron chi connectivity index (χ4n) is 2.47. The molecule has 0 saturated carbocycles. The molecule has 31 heavy (non-hydrogen) atoms. The molecule has 0 aliphatic heterocycles. The minimum atomic E-state index is -4.24. The van der Waals surface area contributed by atoms with Gasteiger partial charge in [-0.3, -0.25) is 20.2 Å². The zero-order valence-corrected chi connectivity index (χ0v) is 18.4. The third-order valence-corrected chi connectivity index (χ3v) is 5.14. The van der Waals surface area contributed by atoms with Crippen LogP contribution < -0.4 is 19.5 Å². The number of sulfonamides is 1. The van der Waals surface area contributed by atoms with Crippen molar-refractivity contribution in [1.29, 1.82) is 0 Å². The summed E-state index contributed by atoms with van der Waals surface area (Å²) in [5.41, 5.74) is -0.756. The van der Waals surface area contributed by atoms with Gasteiger partial charge in [0.25, 0.3) is 15.7 Å². The maximum absolute atomic E-state index is 12.8.